The predicted octanol–water partition coefficient (Wildman–Crippen LogP) is 0.766. The van der Waals surface area contributed by atoms with Gasteiger partial charge in [-0.2, -0.15) is 0 Å². The molecule has 4 nitrogen and oxygen atoms in total. The molecule has 1 aliphatic heterocycles. The molecular weight excluding hydrogens is 204 g/mol. The van der Waals surface area contributed by atoms with Crippen molar-refractivity contribution in [3.63, 3.8) is 0 Å². The van der Waals surface area contributed by atoms with Crippen LogP contribution in [0.2, 0.25) is 0 Å². The number of hydrogen-bond donors (Lipinski definition) is 1. The second-order valence-electron chi connectivity index (χ2n) is 3.98. The van der Waals surface area contributed by atoms with Crippen molar-refractivity contribution in [1.82, 2.24) is 5.32 Å². The van der Waals surface area contributed by atoms with Crippen molar-refractivity contribution >= 4 is 17.5 Å². The number of nitrogens with zero attached hydrogens (tertiary/aromatic N) is 1. The van der Waals surface area contributed by atoms with Crippen molar-refractivity contribution < 1.29 is 9.59 Å². The monoisotopic (exact) mass is 218 g/mol. The maximum atomic E-state index is 11.6. The van der Waals surface area contributed by atoms with E-state index in [1.165, 1.54) is 10.5 Å². The fraction of sp³-hybridized carbons (Fsp3) is 0.333. The van der Waals surface area contributed by atoms with Crippen LogP contribution in [0.3, 0.4) is 0 Å². The first kappa shape index (κ1) is 10.7. The van der Waals surface area contributed by atoms with Gasteiger partial charge in [-0.15, -0.1) is 0 Å². The van der Waals surface area contributed by atoms with Crippen LogP contribution in [-0.2, 0) is 9.59 Å². The summed E-state index contributed by atoms with van der Waals surface area (Å²) >= 11 is 0. The average molecular weight is 218 g/mol. The summed E-state index contributed by atoms with van der Waals surface area (Å²) in [5.74, 6) is -1.00. The standard InChI is InChI=1S/C12H14N2O2/c1-8-3-4-10(7-9(8)2)14-6-5-13-11(15)12(14)16/h3-4,7H,5-6H2,1-2H3,(H,13,15). The van der Waals surface area contributed by atoms with E-state index in [1.807, 2.05) is 32.0 Å². The minimum atomic E-state index is -0.524. The summed E-state index contributed by atoms with van der Waals surface area (Å²) in [7, 11) is 0. The Labute approximate surface area is 94.2 Å². The molecule has 0 aromatic heterocycles. The molecule has 2 amide bonds. The van der Waals surface area contributed by atoms with E-state index in [0.29, 0.717) is 13.1 Å². The molecule has 0 spiro atoms. The van der Waals surface area contributed by atoms with Gasteiger partial charge in [0.15, 0.2) is 0 Å². The molecule has 1 N–H and O–H groups in total. The van der Waals surface area contributed by atoms with E-state index in [0.717, 1.165) is 11.3 Å². The number of rotatable bonds is 1. The van der Waals surface area contributed by atoms with Crippen molar-refractivity contribution in [2.45, 2.75) is 13.8 Å². The highest BCUT2D eigenvalue weighted by Crippen LogP contribution is 2.19. The van der Waals surface area contributed by atoms with Gasteiger partial charge in [-0.1, -0.05) is 6.07 Å². The molecule has 16 heavy (non-hydrogen) atoms. The van der Waals surface area contributed by atoms with Crippen molar-refractivity contribution in [2.24, 2.45) is 0 Å². The summed E-state index contributed by atoms with van der Waals surface area (Å²) in [4.78, 5) is 24.4. The van der Waals surface area contributed by atoms with Crippen LogP contribution in [0.1, 0.15) is 11.1 Å². The summed E-state index contributed by atoms with van der Waals surface area (Å²) in [5.41, 5.74) is 3.09. The minimum absolute atomic E-state index is 0.477. The maximum absolute atomic E-state index is 11.6. The Morgan fingerprint density at radius 2 is 1.94 bits per heavy atom. The number of anilines is 1. The molecule has 0 aliphatic carbocycles. The molecule has 0 radical (unpaired) electrons. The zero-order chi connectivity index (χ0) is 11.7. The fourth-order valence-electron chi connectivity index (χ4n) is 1.72. The topological polar surface area (TPSA) is 49.4 Å². The highest BCUT2D eigenvalue weighted by molar-refractivity contribution is 6.41. The molecular formula is C12H14N2O2. The number of carbonyl (C=O) groups is 2. The van der Waals surface area contributed by atoms with Crippen molar-refractivity contribution in [3.05, 3.63) is 29.3 Å². The van der Waals surface area contributed by atoms with Crippen LogP contribution in [0, 0.1) is 13.8 Å². The van der Waals surface area contributed by atoms with E-state index in [9.17, 15) is 9.59 Å². The van der Waals surface area contributed by atoms with Crippen molar-refractivity contribution in [2.75, 3.05) is 18.0 Å². The molecule has 1 heterocycles. The number of hydrogen-bond acceptors (Lipinski definition) is 2. The molecule has 0 saturated carbocycles. The Morgan fingerprint density at radius 1 is 1.19 bits per heavy atom. The van der Waals surface area contributed by atoms with Gasteiger partial charge in [0, 0.05) is 18.8 Å². The van der Waals surface area contributed by atoms with E-state index in [-0.39, 0.29) is 0 Å². The second-order valence-corrected chi connectivity index (χ2v) is 3.98. The summed E-state index contributed by atoms with van der Waals surface area (Å²) in [6, 6.07) is 5.77. The first-order valence-corrected chi connectivity index (χ1v) is 5.26. The minimum Gasteiger partial charge on any atom is -0.346 e. The van der Waals surface area contributed by atoms with E-state index >= 15 is 0 Å². The number of amides is 2. The number of nitrogens with one attached hydrogen (secondary N) is 1. The Bertz CT molecular complexity index is 454. The van der Waals surface area contributed by atoms with Crippen LogP contribution in [0.15, 0.2) is 18.2 Å². The molecule has 0 atom stereocenters. The van der Waals surface area contributed by atoms with Crippen LogP contribution in [0.25, 0.3) is 0 Å². The number of benzene rings is 1. The first-order chi connectivity index (χ1) is 7.59. The summed E-state index contributed by atoms with van der Waals surface area (Å²) in [6.07, 6.45) is 0. The predicted molar refractivity (Wildman–Crippen MR) is 61.3 cm³/mol. The van der Waals surface area contributed by atoms with Gasteiger partial charge in [0.2, 0.25) is 0 Å². The van der Waals surface area contributed by atoms with Crippen LogP contribution in [-0.4, -0.2) is 24.9 Å². The smallest absolute Gasteiger partial charge is 0.316 e. The lowest BCUT2D eigenvalue weighted by Crippen LogP contribution is -2.52. The third-order valence-corrected chi connectivity index (χ3v) is 2.86. The normalized spacial score (nSPS) is 16.2. The highest BCUT2D eigenvalue weighted by atomic mass is 16.2. The number of aryl methyl sites for hydroxylation is 2. The van der Waals surface area contributed by atoms with Gasteiger partial charge in [-0.05, 0) is 37.1 Å². The molecule has 0 bridgehead atoms. The van der Waals surface area contributed by atoms with E-state index in [1.54, 1.807) is 0 Å². The lowest BCUT2D eigenvalue weighted by Gasteiger charge is -2.26. The molecule has 1 aromatic rings. The van der Waals surface area contributed by atoms with Gasteiger partial charge in [-0.25, -0.2) is 0 Å². The van der Waals surface area contributed by atoms with Gasteiger partial charge in [-0.3, -0.25) is 9.59 Å². The van der Waals surface area contributed by atoms with Crippen LogP contribution in [0.5, 0.6) is 0 Å². The Morgan fingerprint density at radius 3 is 2.62 bits per heavy atom. The molecule has 4 heteroatoms. The SMILES string of the molecule is Cc1ccc(N2CCNC(=O)C2=O)cc1C. The van der Waals surface area contributed by atoms with E-state index < -0.39 is 11.8 Å². The zero-order valence-corrected chi connectivity index (χ0v) is 9.41. The molecule has 1 aliphatic rings. The number of piperazine rings is 1. The summed E-state index contributed by atoms with van der Waals surface area (Å²) in [6.45, 7) is 5.06. The van der Waals surface area contributed by atoms with Crippen LogP contribution >= 0.6 is 0 Å². The van der Waals surface area contributed by atoms with Crippen molar-refractivity contribution in [1.29, 1.82) is 0 Å². The Kier molecular flexibility index (Phi) is 2.64. The summed E-state index contributed by atoms with van der Waals surface area (Å²) < 4.78 is 0. The number of carbonyl (C=O) groups excluding carboxylic acids is 2. The highest BCUT2D eigenvalue weighted by Gasteiger charge is 2.27. The van der Waals surface area contributed by atoms with E-state index in [2.05, 4.69) is 5.32 Å². The molecule has 84 valence electrons. The maximum Gasteiger partial charge on any atom is 0.316 e. The molecule has 1 saturated heterocycles. The lowest BCUT2D eigenvalue weighted by molar-refractivity contribution is -0.138. The van der Waals surface area contributed by atoms with Crippen molar-refractivity contribution in [3.8, 4) is 0 Å². The lowest BCUT2D eigenvalue weighted by atomic mass is 10.1. The fourth-order valence-corrected chi connectivity index (χ4v) is 1.72. The summed E-state index contributed by atoms with van der Waals surface area (Å²) in [5, 5.41) is 2.53. The van der Waals surface area contributed by atoms with Gasteiger partial charge in [0.25, 0.3) is 0 Å². The third kappa shape index (κ3) is 1.78. The first-order valence-electron chi connectivity index (χ1n) is 5.26. The largest absolute Gasteiger partial charge is 0.346 e. The van der Waals surface area contributed by atoms with Gasteiger partial charge in [0.05, 0.1) is 0 Å². The average Bonchev–Trinajstić information content (AvgIpc) is 2.26. The zero-order valence-electron chi connectivity index (χ0n) is 9.41. The Balaban J connectivity index is 2.32. The van der Waals surface area contributed by atoms with Gasteiger partial charge < -0.3 is 10.2 Å². The third-order valence-electron chi connectivity index (χ3n) is 2.86. The molecule has 0 unspecified atom stereocenters. The van der Waals surface area contributed by atoms with Crippen LogP contribution < -0.4 is 10.2 Å². The molecule has 2 rings (SSSR count). The van der Waals surface area contributed by atoms with Gasteiger partial charge >= 0.3 is 11.8 Å². The van der Waals surface area contributed by atoms with E-state index in [4.69, 9.17) is 0 Å². The van der Waals surface area contributed by atoms with Crippen LogP contribution in [0.4, 0.5) is 5.69 Å². The quantitative estimate of drug-likeness (QED) is 0.708. The van der Waals surface area contributed by atoms with Gasteiger partial charge in [0.1, 0.15) is 0 Å². The molecule has 1 fully saturated rings. The second kappa shape index (κ2) is 3.96. The Hall–Kier alpha value is -1.84. The molecule has 1 aromatic carbocycles.